The van der Waals surface area contributed by atoms with Crippen molar-refractivity contribution in [1.82, 2.24) is 10.2 Å². The van der Waals surface area contributed by atoms with Gasteiger partial charge in [0.05, 0.1) is 22.0 Å². The summed E-state index contributed by atoms with van der Waals surface area (Å²) in [6.07, 6.45) is 1.77. The summed E-state index contributed by atoms with van der Waals surface area (Å²) in [7, 11) is -3.80. The van der Waals surface area contributed by atoms with Crippen molar-refractivity contribution in [3.63, 3.8) is 0 Å². The topological polar surface area (TPSA) is 86.8 Å². The van der Waals surface area contributed by atoms with E-state index in [4.69, 9.17) is 23.2 Å². The average molecular weight is 607 g/mol. The van der Waals surface area contributed by atoms with Crippen molar-refractivity contribution in [2.24, 2.45) is 0 Å². The fourth-order valence-corrected chi connectivity index (χ4v) is 4.69. The molecule has 1 N–H and O–H groups in total. The van der Waals surface area contributed by atoms with E-state index < -0.39 is 28.5 Å². The molecule has 0 saturated carbocycles. The number of nitrogens with one attached hydrogen (secondary N) is 1. The molecule has 0 aliphatic carbocycles. The van der Waals surface area contributed by atoms with Crippen LogP contribution in [0.15, 0.2) is 40.9 Å². The normalized spacial score (nSPS) is 13.1. The zero-order valence-electron chi connectivity index (χ0n) is 20.3. The number of aryl methyl sites for hydroxylation is 1. The zero-order chi connectivity index (χ0) is 26.5. The first-order valence-corrected chi connectivity index (χ1v) is 14.4. The average Bonchev–Trinajstić information content (AvgIpc) is 2.78. The monoisotopic (exact) mass is 605 g/mol. The Hall–Kier alpha value is -1.81. The summed E-state index contributed by atoms with van der Waals surface area (Å²) in [6.45, 7) is 6.83. The molecule has 0 spiro atoms. The Morgan fingerprint density at radius 3 is 2.29 bits per heavy atom. The highest BCUT2D eigenvalue weighted by Gasteiger charge is 2.30. The van der Waals surface area contributed by atoms with E-state index in [2.05, 4.69) is 21.2 Å². The van der Waals surface area contributed by atoms with Crippen LogP contribution in [0.5, 0.6) is 0 Å². The molecule has 0 saturated heterocycles. The number of hydrogen-bond donors (Lipinski definition) is 1. The van der Waals surface area contributed by atoms with Crippen LogP contribution in [0.4, 0.5) is 5.69 Å². The van der Waals surface area contributed by atoms with E-state index in [0.29, 0.717) is 21.3 Å². The highest BCUT2D eigenvalue weighted by Crippen LogP contribution is 2.26. The van der Waals surface area contributed by atoms with Gasteiger partial charge in [-0.3, -0.25) is 13.9 Å². The first-order valence-electron chi connectivity index (χ1n) is 11.0. The predicted octanol–water partition coefficient (Wildman–Crippen LogP) is 5.16. The van der Waals surface area contributed by atoms with E-state index >= 15 is 0 Å². The van der Waals surface area contributed by atoms with Gasteiger partial charge in [-0.2, -0.15) is 0 Å². The third-order valence-corrected chi connectivity index (χ3v) is 8.38. The zero-order valence-corrected chi connectivity index (χ0v) is 24.2. The highest BCUT2D eigenvalue weighted by molar-refractivity contribution is 9.10. The molecule has 0 aliphatic heterocycles. The third kappa shape index (κ3) is 8.10. The second-order valence-electron chi connectivity index (χ2n) is 8.47. The number of carbonyl (C=O) groups is 2. The minimum Gasteiger partial charge on any atom is -0.352 e. The maximum Gasteiger partial charge on any atom is 0.244 e. The molecule has 0 aromatic heterocycles. The Kier molecular flexibility index (Phi) is 10.4. The van der Waals surface area contributed by atoms with Crippen molar-refractivity contribution in [3.05, 3.63) is 62.0 Å². The number of benzene rings is 2. The third-order valence-electron chi connectivity index (χ3n) is 5.61. The van der Waals surface area contributed by atoms with E-state index in [1.165, 1.54) is 4.90 Å². The summed E-state index contributed by atoms with van der Waals surface area (Å²) in [5.41, 5.74) is 1.83. The molecule has 2 aromatic rings. The molecule has 0 aliphatic rings. The number of rotatable bonds is 10. The van der Waals surface area contributed by atoms with E-state index in [-0.39, 0.29) is 18.5 Å². The van der Waals surface area contributed by atoms with Crippen LogP contribution in [0.25, 0.3) is 0 Å². The quantitative estimate of drug-likeness (QED) is 0.405. The van der Waals surface area contributed by atoms with Gasteiger partial charge < -0.3 is 10.2 Å². The summed E-state index contributed by atoms with van der Waals surface area (Å²) in [4.78, 5) is 27.8. The Morgan fingerprint density at radius 2 is 1.74 bits per heavy atom. The Morgan fingerprint density at radius 1 is 1.09 bits per heavy atom. The lowest BCUT2D eigenvalue weighted by molar-refractivity contribution is -0.139. The number of hydrogen-bond acceptors (Lipinski definition) is 4. The summed E-state index contributed by atoms with van der Waals surface area (Å²) < 4.78 is 27.1. The second-order valence-corrected chi connectivity index (χ2v) is 12.0. The first kappa shape index (κ1) is 29.4. The van der Waals surface area contributed by atoms with Gasteiger partial charge in [-0.25, -0.2) is 8.42 Å². The smallest absolute Gasteiger partial charge is 0.244 e. The fourth-order valence-electron chi connectivity index (χ4n) is 3.28. The van der Waals surface area contributed by atoms with E-state index in [1.54, 1.807) is 43.3 Å². The predicted molar refractivity (Wildman–Crippen MR) is 145 cm³/mol. The molecule has 192 valence electrons. The fraction of sp³-hybridized carbons (Fsp3) is 0.417. The maximum absolute atomic E-state index is 13.6. The maximum atomic E-state index is 13.6. The lowest BCUT2D eigenvalue weighted by atomic mass is 10.1. The number of halogens is 3. The largest absolute Gasteiger partial charge is 0.352 e. The number of anilines is 1. The van der Waals surface area contributed by atoms with Gasteiger partial charge in [0.2, 0.25) is 21.8 Å². The molecular weight excluding hydrogens is 577 g/mol. The molecule has 0 unspecified atom stereocenters. The number of sulfonamides is 1. The van der Waals surface area contributed by atoms with Crippen molar-refractivity contribution >= 4 is 66.7 Å². The molecule has 11 heteroatoms. The van der Waals surface area contributed by atoms with Gasteiger partial charge >= 0.3 is 0 Å². The molecule has 0 fully saturated rings. The van der Waals surface area contributed by atoms with Crippen LogP contribution in [0.3, 0.4) is 0 Å². The number of nitrogens with zero attached hydrogens (tertiary/aromatic N) is 2. The lowest BCUT2D eigenvalue weighted by Gasteiger charge is -2.32. The molecule has 2 amide bonds. The van der Waals surface area contributed by atoms with Gasteiger partial charge in [0, 0.05) is 17.1 Å². The molecule has 35 heavy (non-hydrogen) atoms. The Labute approximate surface area is 225 Å². The first-order chi connectivity index (χ1) is 16.2. The molecular formula is C24H30BrCl2N3O4S. The van der Waals surface area contributed by atoms with E-state index in [0.717, 1.165) is 27.0 Å². The van der Waals surface area contributed by atoms with E-state index in [9.17, 15) is 18.0 Å². The molecule has 2 aromatic carbocycles. The molecule has 7 nitrogen and oxygen atoms in total. The van der Waals surface area contributed by atoms with Crippen molar-refractivity contribution in [2.45, 2.75) is 52.7 Å². The van der Waals surface area contributed by atoms with Crippen LogP contribution in [0, 0.1) is 6.92 Å². The lowest BCUT2D eigenvalue weighted by Crippen LogP contribution is -2.52. The van der Waals surface area contributed by atoms with Gasteiger partial charge in [-0.05, 0) is 68.7 Å². The molecule has 2 rings (SSSR count). The summed E-state index contributed by atoms with van der Waals surface area (Å²) in [5.74, 6) is -0.868. The number of amides is 2. The SMILES string of the molecule is CC[C@@H](C)NC(=O)[C@H](C)N(Cc1ccc(Cl)c(Cl)c1)C(=O)CN(c1ccc(Br)c(C)c1)S(C)(=O)=O. The van der Waals surface area contributed by atoms with Gasteiger partial charge in [0.25, 0.3) is 0 Å². The summed E-state index contributed by atoms with van der Waals surface area (Å²) in [5, 5.41) is 3.56. The van der Waals surface area contributed by atoms with Gasteiger partial charge in [0.1, 0.15) is 12.6 Å². The van der Waals surface area contributed by atoms with Crippen LogP contribution < -0.4 is 9.62 Å². The summed E-state index contributed by atoms with van der Waals surface area (Å²) in [6, 6.07) is 9.02. The van der Waals surface area contributed by atoms with E-state index in [1.807, 2.05) is 20.8 Å². The molecule has 0 bridgehead atoms. The minimum atomic E-state index is -3.80. The van der Waals surface area contributed by atoms with Crippen molar-refractivity contribution in [3.8, 4) is 0 Å². The van der Waals surface area contributed by atoms with Crippen LogP contribution in [-0.4, -0.2) is 50.0 Å². The van der Waals surface area contributed by atoms with Gasteiger partial charge in [-0.1, -0.05) is 52.1 Å². The van der Waals surface area contributed by atoms with Gasteiger partial charge in [0.15, 0.2) is 0 Å². The van der Waals surface area contributed by atoms with Crippen molar-refractivity contribution < 1.29 is 18.0 Å². The van der Waals surface area contributed by atoms with Crippen LogP contribution in [0.2, 0.25) is 10.0 Å². The highest BCUT2D eigenvalue weighted by atomic mass is 79.9. The molecule has 0 radical (unpaired) electrons. The summed E-state index contributed by atoms with van der Waals surface area (Å²) >= 11 is 15.6. The Bertz CT molecular complexity index is 1190. The Balaban J connectivity index is 2.43. The van der Waals surface area contributed by atoms with Crippen molar-refractivity contribution in [2.75, 3.05) is 17.1 Å². The van der Waals surface area contributed by atoms with Crippen LogP contribution in [-0.2, 0) is 26.2 Å². The second kappa shape index (κ2) is 12.4. The standard InChI is InChI=1S/C24H30BrCl2N3O4S/c1-6-16(3)28-24(32)17(4)29(13-18-7-10-21(26)22(27)12-18)23(31)14-30(35(5,33)34)19-8-9-20(25)15(2)11-19/h7-12,16-17H,6,13-14H2,1-5H3,(H,28,32)/t16-,17+/m1/s1. The van der Waals surface area contributed by atoms with Gasteiger partial charge in [-0.15, -0.1) is 0 Å². The minimum absolute atomic E-state index is 0.0434. The van der Waals surface area contributed by atoms with Crippen LogP contribution in [0.1, 0.15) is 38.3 Å². The molecule has 0 heterocycles. The molecule has 2 atom stereocenters. The van der Waals surface area contributed by atoms with Crippen molar-refractivity contribution in [1.29, 1.82) is 0 Å². The van der Waals surface area contributed by atoms with Crippen LogP contribution >= 0.6 is 39.1 Å². The number of carbonyl (C=O) groups excluding carboxylic acids is 2.